The SMILES string of the molecule is CCCCOC(=O)c1c(O)ccc(SCc2cccc(C)c2)c1C. The molecule has 0 aliphatic carbocycles. The van der Waals surface area contributed by atoms with Gasteiger partial charge >= 0.3 is 5.97 Å². The Morgan fingerprint density at radius 1 is 1.21 bits per heavy atom. The van der Waals surface area contributed by atoms with Crippen LogP contribution in [0.5, 0.6) is 5.75 Å². The van der Waals surface area contributed by atoms with Crippen molar-refractivity contribution in [3.05, 3.63) is 58.7 Å². The minimum atomic E-state index is -0.448. The van der Waals surface area contributed by atoms with Crippen molar-refractivity contribution in [2.75, 3.05) is 6.61 Å². The van der Waals surface area contributed by atoms with Crippen molar-refractivity contribution in [1.82, 2.24) is 0 Å². The van der Waals surface area contributed by atoms with E-state index in [1.807, 2.05) is 26.0 Å². The Bertz CT molecular complexity index is 710. The second-order valence-corrected chi connectivity index (χ2v) is 6.87. The molecule has 0 aliphatic heterocycles. The number of esters is 1. The normalized spacial score (nSPS) is 10.6. The molecule has 3 nitrogen and oxygen atoms in total. The molecule has 128 valence electrons. The van der Waals surface area contributed by atoms with Gasteiger partial charge in [0, 0.05) is 10.6 Å². The van der Waals surface area contributed by atoms with E-state index in [1.165, 1.54) is 11.1 Å². The molecule has 0 saturated heterocycles. The Morgan fingerprint density at radius 2 is 2.00 bits per heavy atom. The van der Waals surface area contributed by atoms with Crippen molar-refractivity contribution < 1.29 is 14.6 Å². The second kappa shape index (κ2) is 8.78. The van der Waals surface area contributed by atoms with Crippen LogP contribution >= 0.6 is 11.8 Å². The fraction of sp³-hybridized carbons (Fsp3) is 0.350. The summed E-state index contributed by atoms with van der Waals surface area (Å²) >= 11 is 1.66. The van der Waals surface area contributed by atoms with E-state index >= 15 is 0 Å². The van der Waals surface area contributed by atoms with Gasteiger partial charge in [-0.3, -0.25) is 0 Å². The first-order chi connectivity index (χ1) is 11.5. The molecule has 0 radical (unpaired) electrons. The summed E-state index contributed by atoms with van der Waals surface area (Å²) in [7, 11) is 0. The van der Waals surface area contributed by atoms with Crippen molar-refractivity contribution in [2.24, 2.45) is 0 Å². The zero-order valence-electron chi connectivity index (χ0n) is 14.5. The number of hydrogen-bond acceptors (Lipinski definition) is 4. The zero-order chi connectivity index (χ0) is 17.5. The Morgan fingerprint density at radius 3 is 2.71 bits per heavy atom. The number of phenols is 1. The van der Waals surface area contributed by atoms with E-state index in [0.717, 1.165) is 29.1 Å². The van der Waals surface area contributed by atoms with Crippen LogP contribution in [-0.2, 0) is 10.5 Å². The Hall–Kier alpha value is -1.94. The minimum Gasteiger partial charge on any atom is -0.507 e. The summed E-state index contributed by atoms with van der Waals surface area (Å²) < 4.78 is 5.26. The summed E-state index contributed by atoms with van der Waals surface area (Å²) in [6, 6.07) is 11.8. The van der Waals surface area contributed by atoms with Crippen LogP contribution in [0.4, 0.5) is 0 Å². The Kier molecular flexibility index (Phi) is 6.73. The lowest BCUT2D eigenvalue weighted by molar-refractivity contribution is 0.0495. The van der Waals surface area contributed by atoms with Gasteiger partial charge in [-0.25, -0.2) is 4.79 Å². The average Bonchev–Trinajstić information content (AvgIpc) is 2.54. The molecule has 2 aromatic rings. The lowest BCUT2D eigenvalue weighted by Crippen LogP contribution is -2.09. The largest absolute Gasteiger partial charge is 0.507 e. The van der Waals surface area contributed by atoms with E-state index in [0.29, 0.717) is 6.61 Å². The fourth-order valence-corrected chi connectivity index (χ4v) is 3.42. The molecular formula is C20H24O3S. The zero-order valence-corrected chi connectivity index (χ0v) is 15.3. The van der Waals surface area contributed by atoms with E-state index in [1.54, 1.807) is 17.8 Å². The predicted molar refractivity (Wildman–Crippen MR) is 98.8 cm³/mol. The summed E-state index contributed by atoms with van der Waals surface area (Å²) in [6.45, 7) is 6.35. The van der Waals surface area contributed by atoms with Crippen LogP contribution < -0.4 is 0 Å². The molecule has 0 atom stereocenters. The van der Waals surface area contributed by atoms with Gasteiger partial charge in [0.1, 0.15) is 11.3 Å². The third-order valence-electron chi connectivity index (χ3n) is 3.81. The number of ether oxygens (including phenoxy) is 1. The van der Waals surface area contributed by atoms with Gasteiger partial charge in [-0.05, 0) is 43.5 Å². The number of hydrogen-bond donors (Lipinski definition) is 1. The van der Waals surface area contributed by atoms with Crippen LogP contribution in [0.15, 0.2) is 41.3 Å². The van der Waals surface area contributed by atoms with Crippen LogP contribution in [-0.4, -0.2) is 17.7 Å². The first-order valence-electron chi connectivity index (χ1n) is 8.21. The quantitative estimate of drug-likeness (QED) is 0.423. The average molecular weight is 344 g/mol. The van der Waals surface area contributed by atoms with Crippen LogP contribution in [0.3, 0.4) is 0 Å². The van der Waals surface area contributed by atoms with E-state index in [9.17, 15) is 9.90 Å². The van der Waals surface area contributed by atoms with Gasteiger partial charge in [0.2, 0.25) is 0 Å². The van der Waals surface area contributed by atoms with Gasteiger partial charge in [-0.15, -0.1) is 11.8 Å². The molecule has 1 N–H and O–H groups in total. The Labute approximate surface area is 148 Å². The van der Waals surface area contributed by atoms with Crippen molar-refractivity contribution in [3.63, 3.8) is 0 Å². The molecule has 0 aliphatic rings. The first kappa shape index (κ1) is 18.4. The van der Waals surface area contributed by atoms with E-state index in [-0.39, 0.29) is 11.3 Å². The van der Waals surface area contributed by atoms with Gasteiger partial charge in [-0.2, -0.15) is 0 Å². The molecule has 0 aromatic heterocycles. The van der Waals surface area contributed by atoms with Gasteiger partial charge in [-0.1, -0.05) is 43.2 Å². The van der Waals surface area contributed by atoms with Crippen LogP contribution in [0.1, 0.15) is 46.8 Å². The van der Waals surface area contributed by atoms with Crippen molar-refractivity contribution in [1.29, 1.82) is 0 Å². The molecule has 0 saturated carbocycles. The number of unbranched alkanes of at least 4 members (excludes halogenated alkanes) is 1. The number of carbonyl (C=O) groups excluding carboxylic acids is 1. The van der Waals surface area contributed by atoms with Crippen molar-refractivity contribution in [3.8, 4) is 5.75 Å². The highest BCUT2D eigenvalue weighted by Crippen LogP contribution is 2.33. The molecule has 0 fully saturated rings. The smallest absolute Gasteiger partial charge is 0.342 e. The molecule has 4 heteroatoms. The van der Waals surface area contributed by atoms with Gasteiger partial charge < -0.3 is 9.84 Å². The van der Waals surface area contributed by atoms with Gasteiger partial charge in [0.25, 0.3) is 0 Å². The predicted octanol–water partition coefficient (Wildman–Crippen LogP) is 5.26. The lowest BCUT2D eigenvalue weighted by atomic mass is 10.1. The van der Waals surface area contributed by atoms with Crippen LogP contribution in [0.2, 0.25) is 0 Å². The summed E-state index contributed by atoms with van der Waals surface area (Å²) in [5.74, 6) is 0.350. The Balaban J connectivity index is 2.14. The maximum atomic E-state index is 12.2. The van der Waals surface area contributed by atoms with Gasteiger partial charge in [0.05, 0.1) is 6.61 Å². The van der Waals surface area contributed by atoms with Crippen molar-refractivity contribution in [2.45, 2.75) is 44.3 Å². The fourth-order valence-electron chi connectivity index (χ4n) is 2.44. The summed E-state index contributed by atoms with van der Waals surface area (Å²) in [5.41, 5.74) is 3.52. The first-order valence-corrected chi connectivity index (χ1v) is 9.19. The van der Waals surface area contributed by atoms with E-state index in [4.69, 9.17) is 4.74 Å². The van der Waals surface area contributed by atoms with Crippen molar-refractivity contribution >= 4 is 17.7 Å². The van der Waals surface area contributed by atoms with Gasteiger partial charge in [0.15, 0.2) is 0 Å². The number of benzene rings is 2. The van der Waals surface area contributed by atoms with E-state index in [2.05, 4.69) is 25.1 Å². The molecule has 24 heavy (non-hydrogen) atoms. The third kappa shape index (κ3) is 4.78. The van der Waals surface area contributed by atoms with Crippen LogP contribution in [0, 0.1) is 13.8 Å². The summed E-state index contributed by atoms with van der Waals surface area (Å²) in [4.78, 5) is 13.2. The topological polar surface area (TPSA) is 46.5 Å². The molecule has 0 bridgehead atoms. The highest BCUT2D eigenvalue weighted by molar-refractivity contribution is 7.98. The van der Waals surface area contributed by atoms with Crippen LogP contribution in [0.25, 0.3) is 0 Å². The van der Waals surface area contributed by atoms with E-state index < -0.39 is 5.97 Å². The number of phenolic OH excluding ortho intramolecular Hbond substituents is 1. The molecule has 2 aromatic carbocycles. The highest BCUT2D eigenvalue weighted by Gasteiger charge is 2.18. The highest BCUT2D eigenvalue weighted by atomic mass is 32.2. The number of carbonyl (C=O) groups is 1. The standard InChI is InChI=1S/C20H24O3S/c1-4-5-11-23-20(22)19-15(3)18(10-9-17(19)21)24-13-16-8-6-7-14(2)12-16/h6-10,12,21H,4-5,11,13H2,1-3H3. The molecule has 0 heterocycles. The minimum absolute atomic E-state index is 0.0195. The molecular weight excluding hydrogens is 320 g/mol. The number of aromatic hydroxyl groups is 1. The number of thioether (sulfide) groups is 1. The second-order valence-electron chi connectivity index (χ2n) is 5.85. The molecule has 0 spiro atoms. The molecule has 2 rings (SSSR count). The molecule has 0 amide bonds. The summed E-state index contributed by atoms with van der Waals surface area (Å²) in [5, 5.41) is 10.1. The lowest BCUT2D eigenvalue weighted by Gasteiger charge is -2.13. The monoisotopic (exact) mass is 344 g/mol. The summed E-state index contributed by atoms with van der Waals surface area (Å²) in [6.07, 6.45) is 1.79. The number of rotatable bonds is 7. The number of aryl methyl sites for hydroxylation is 1. The third-order valence-corrected chi connectivity index (χ3v) is 5.04. The maximum absolute atomic E-state index is 12.2. The molecule has 0 unspecified atom stereocenters. The maximum Gasteiger partial charge on any atom is 0.342 e.